The van der Waals surface area contributed by atoms with Crippen LogP contribution in [0.25, 0.3) is 0 Å². The molecule has 2 aliphatic rings. The summed E-state index contributed by atoms with van der Waals surface area (Å²) in [6, 6.07) is 0. The van der Waals surface area contributed by atoms with Crippen LogP contribution in [0.4, 0.5) is 0 Å². The van der Waals surface area contributed by atoms with Crippen molar-refractivity contribution in [1.29, 1.82) is 0 Å². The monoisotopic (exact) mass is 268 g/mol. The zero-order valence-corrected chi connectivity index (χ0v) is 11.1. The van der Waals surface area contributed by atoms with Crippen LogP contribution in [0, 0.1) is 5.92 Å². The minimum absolute atomic E-state index is 0.0656. The van der Waals surface area contributed by atoms with Crippen LogP contribution in [0.1, 0.15) is 49.9 Å². The molecule has 1 aliphatic carbocycles. The summed E-state index contributed by atoms with van der Waals surface area (Å²) in [6.45, 7) is 3.63. The van der Waals surface area contributed by atoms with Gasteiger partial charge in [-0.3, -0.25) is 0 Å². The van der Waals surface area contributed by atoms with Crippen LogP contribution >= 0.6 is 0 Å². The first-order chi connectivity index (χ1) is 9.29. The summed E-state index contributed by atoms with van der Waals surface area (Å²) in [5, 5.41) is 14.0. The lowest BCUT2D eigenvalue weighted by molar-refractivity contribution is -0.0149. The first-order valence-electron chi connectivity index (χ1n) is 7.00. The van der Waals surface area contributed by atoms with E-state index in [9.17, 15) is 5.11 Å². The first-order valence-corrected chi connectivity index (χ1v) is 7.00. The molecule has 1 saturated heterocycles. The van der Waals surface area contributed by atoms with Crippen molar-refractivity contribution in [2.75, 3.05) is 19.8 Å². The molecular weight excluding hydrogens is 248 g/mol. The standard InChI is InChI=1S/C13H20N2O4/c1-2-18-11(8-3-4-8)12-14-13(19-15-12)9-7-17-6-5-10(9)16/h8-11,16H,2-7H2,1H3. The van der Waals surface area contributed by atoms with Crippen molar-refractivity contribution in [3.8, 4) is 0 Å². The van der Waals surface area contributed by atoms with Crippen LogP contribution < -0.4 is 0 Å². The Hall–Kier alpha value is -0.980. The fourth-order valence-corrected chi connectivity index (χ4v) is 2.48. The summed E-state index contributed by atoms with van der Waals surface area (Å²) in [5.41, 5.74) is 0. The Balaban J connectivity index is 1.74. The predicted octanol–water partition coefficient (Wildman–Crippen LogP) is 1.42. The highest BCUT2D eigenvalue weighted by Crippen LogP contribution is 2.42. The molecule has 3 unspecified atom stereocenters. The van der Waals surface area contributed by atoms with Crippen molar-refractivity contribution in [3.63, 3.8) is 0 Å². The Bertz CT molecular complexity index is 400. The molecule has 2 heterocycles. The van der Waals surface area contributed by atoms with Crippen molar-refractivity contribution in [2.45, 2.75) is 44.3 Å². The molecule has 106 valence electrons. The maximum absolute atomic E-state index is 9.96. The number of ether oxygens (including phenoxy) is 2. The van der Waals surface area contributed by atoms with E-state index in [1.165, 1.54) is 0 Å². The molecule has 0 amide bonds. The topological polar surface area (TPSA) is 77.6 Å². The summed E-state index contributed by atoms with van der Waals surface area (Å²) in [7, 11) is 0. The molecule has 0 radical (unpaired) electrons. The summed E-state index contributed by atoms with van der Waals surface area (Å²) >= 11 is 0. The van der Waals surface area contributed by atoms with Gasteiger partial charge in [0.15, 0.2) is 0 Å². The highest BCUT2D eigenvalue weighted by Gasteiger charge is 2.37. The van der Waals surface area contributed by atoms with Crippen molar-refractivity contribution < 1.29 is 19.1 Å². The molecule has 1 saturated carbocycles. The van der Waals surface area contributed by atoms with E-state index in [1.807, 2.05) is 6.92 Å². The van der Waals surface area contributed by atoms with Crippen molar-refractivity contribution in [1.82, 2.24) is 10.1 Å². The van der Waals surface area contributed by atoms with Gasteiger partial charge in [0, 0.05) is 13.2 Å². The highest BCUT2D eigenvalue weighted by atomic mass is 16.5. The molecular formula is C13H20N2O4. The summed E-state index contributed by atoms with van der Waals surface area (Å²) in [6.07, 6.45) is 2.39. The molecule has 6 nitrogen and oxygen atoms in total. The molecule has 6 heteroatoms. The molecule has 1 aromatic rings. The highest BCUT2D eigenvalue weighted by molar-refractivity contribution is 5.03. The minimum atomic E-state index is -0.464. The Kier molecular flexibility index (Phi) is 3.81. The number of aliphatic hydroxyl groups is 1. The lowest BCUT2D eigenvalue weighted by Gasteiger charge is -2.24. The van der Waals surface area contributed by atoms with Gasteiger partial charge in [-0.15, -0.1) is 0 Å². The van der Waals surface area contributed by atoms with Crippen molar-refractivity contribution in [2.24, 2.45) is 5.92 Å². The molecule has 19 heavy (non-hydrogen) atoms. The Labute approximate surface area is 112 Å². The fraction of sp³-hybridized carbons (Fsp3) is 0.846. The molecule has 3 atom stereocenters. The molecule has 3 rings (SSSR count). The molecule has 0 aromatic carbocycles. The lowest BCUT2D eigenvalue weighted by Crippen LogP contribution is -2.30. The minimum Gasteiger partial charge on any atom is -0.392 e. The van der Waals surface area contributed by atoms with Gasteiger partial charge in [-0.2, -0.15) is 4.98 Å². The van der Waals surface area contributed by atoms with Gasteiger partial charge in [0.25, 0.3) is 0 Å². The number of nitrogens with zero attached hydrogens (tertiary/aromatic N) is 2. The lowest BCUT2D eigenvalue weighted by atomic mass is 9.99. The summed E-state index contributed by atoms with van der Waals surface area (Å²) < 4.78 is 16.4. The second-order valence-electron chi connectivity index (χ2n) is 5.24. The van der Waals surface area contributed by atoms with E-state index in [-0.39, 0.29) is 12.0 Å². The average Bonchev–Trinajstić information content (AvgIpc) is 3.14. The SMILES string of the molecule is CCOC(c1noc(C2COCCC2O)n1)C1CC1. The van der Waals surface area contributed by atoms with E-state index in [4.69, 9.17) is 14.0 Å². The van der Waals surface area contributed by atoms with Gasteiger partial charge in [-0.25, -0.2) is 0 Å². The molecule has 2 fully saturated rings. The van der Waals surface area contributed by atoms with Crippen LogP contribution in [0.3, 0.4) is 0 Å². The van der Waals surface area contributed by atoms with Crippen LogP contribution in [-0.4, -0.2) is 41.2 Å². The Morgan fingerprint density at radius 2 is 2.26 bits per heavy atom. The summed E-state index contributed by atoms with van der Waals surface area (Å²) in [4.78, 5) is 4.42. The van der Waals surface area contributed by atoms with Gasteiger partial charge in [-0.1, -0.05) is 5.16 Å². The van der Waals surface area contributed by atoms with E-state index < -0.39 is 6.10 Å². The predicted molar refractivity (Wildman–Crippen MR) is 65.6 cm³/mol. The number of rotatable bonds is 5. The molecule has 1 aliphatic heterocycles. The van der Waals surface area contributed by atoms with Crippen LogP contribution in [0.2, 0.25) is 0 Å². The van der Waals surface area contributed by atoms with E-state index in [0.717, 1.165) is 12.8 Å². The zero-order valence-electron chi connectivity index (χ0n) is 11.1. The van der Waals surface area contributed by atoms with E-state index >= 15 is 0 Å². The van der Waals surface area contributed by atoms with Crippen LogP contribution in [0.15, 0.2) is 4.52 Å². The van der Waals surface area contributed by atoms with Gasteiger partial charge in [0.1, 0.15) is 6.10 Å². The number of aliphatic hydroxyl groups excluding tert-OH is 1. The van der Waals surface area contributed by atoms with Gasteiger partial charge < -0.3 is 19.1 Å². The molecule has 0 spiro atoms. The van der Waals surface area contributed by atoms with E-state index in [0.29, 0.717) is 43.9 Å². The second kappa shape index (κ2) is 5.56. The van der Waals surface area contributed by atoms with Gasteiger partial charge in [-0.05, 0) is 32.1 Å². The van der Waals surface area contributed by atoms with Crippen molar-refractivity contribution in [3.05, 3.63) is 11.7 Å². The van der Waals surface area contributed by atoms with E-state index in [1.54, 1.807) is 0 Å². The maximum atomic E-state index is 9.96. The Morgan fingerprint density at radius 1 is 1.42 bits per heavy atom. The average molecular weight is 268 g/mol. The van der Waals surface area contributed by atoms with Gasteiger partial charge in [0.2, 0.25) is 11.7 Å². The largest absolute Gasteiger partial charge is 0.392 e. The third kappa shape index (κ3) is 2.80. The Morgan fingerprint density at radius 3 is 2.95 bits per heavy atom. The van der Waals surface area contributed by atoms with Crippen molar-refractivity contribution >= 4 is 0 Å². The molecule has 0 bridgehead atoms. The zero-order chi connectivity index (χ0) is 13.2. The first kappa shape index (κ1) is 13.0. The fourth-order valence-electron chi connectivity index (χ4n) is 2.48. The van der Waals surface area contributed by atoms with E-state index in [2.05, 4.69) is 10.1 Å². The summed E-state index contributed by atoms with van der Waals surface area (Å²) in [5.74, 6) is 1.37. The molecule has 1 aromatic heterocycles. The van der Waals surface area contributed by atoms with Gasteiger partial charge in [0.05, 0.1) is 18.6 Å². The smallest absolute Gasteiger partial charge is 0.234 e. The normalized spacial score (nSPS) is 29.4. The maximum Gasteiger partial charge on any atom is 0.234 e. The molecule has 1 N–H and O–H groups in total. The number of hydrogen-bond acceptors (Lipinski definition) is 6. The third-order valence-electron chi connectivity index (χ3n) is 3.75. The van der Waals surface area contributed by atoms with Crippen LogP contribution in [0.5, 0.6) is 0 Å². The quantitative estimate of drug-likeness (QED) is 0.870. The number of aromatic nitrogens is 2. The number of hydrogen-bond donors (Lipinski definition) is 1. The third-order valence-corrected chi connectivity index (χ3v) is 3.75. The van der Waals surface area contributed by atoms with Crippen LogP contribution in [-0.2, 0) is 9.47 Å². The second-order valence-corrected chi connectivity index (χ2v) is 5.24. The van der Waals surface area contributed by atoms with Gasteiger partial charge >= 0.3 is 0 Å².